The molecule has 2 fully saturated rings. The van der Waals surface area contributed by atoms with Crippen molar-refractivity contribution in [2.75, 3.05) is 13.1 Å². The highest BCUT2D eigenvalue weighted by Crippen LogP contribution is 2.50. The SMILES string of the molecule is O=C(N1CCC(Cc2ccccc2)CC1)C1(c2ccc([N+](=O)[O-])cc2)CC1. The predicted molar refractivity (Wildman–Crippen MR) is 103 cm³/mol. The normalized spacial score (nSPS) is 18.9. The summed E-state index contributed by atoms with van der Waals surface area (Å²) in [6.45, 7) is 1.62. The maximum Gasteiger partial charge on any atom is 0.269 e. The molecule has 2 aliphatic rings. The van der Waals surface area contributed by atoms with E-state index in [2.05, 4.69) is 24.3 Å². The van der Waals surface area contributed by atoms with Crippen molar-refractivity contribution in [2.24, 2.45) is 5.92 Å². The van der Waals surface area contributed by atoms with Crippen molar-refractivity contribution in [2.45, 2.75) is 37.5 Å². The van der Waals surface area contributed by atoms with Crippen LogP contribution in [0.2, 0.25) is 0 Å². The Kier molecular flexibility index (Phi) is 4.68. The molecular formula is C22H24N2O3. The summed E-state index contributed by atoms with van der Waals surface area (Å²) in [7, 11) is 0. The second kappa shape index (κ2) is 7.14. The van der Waals surface area contributed by atoms with E-state index in [1.807, 2.05) is 11.0 Å². The number of hydrogen-bond donors (Lipinski definition) is 0. The first-order chi connectivity index (χ1) is 13.1. The number of carbonyl (C=O) groups is 1. The summed E-state index contributed by atoms with van der Waals surface area (Å²) in [5.41, 5.74) is 1.92. The van der Waals surface area contributed by atoms with Gasteiger partial charge in [0.1, 0.15) is 0 Å². The van der Waals surface area contributed by atoms with Gasteiger partial charge in [0.2, 0.25) is 5.91 Å². The number of nitro benzene ring substituents is 1. The van der Waals surface area contributed by atoms with Crippen LogP contribution in [-0.2, 0) is 16.6 Å². The molecule has 0 unspecified atom stereocenters. The molecule has 2 aromatic rings. The molecule has 5 nitrogen and oxygen atoms in total. The van der Waals surface area contributed by atoms with Crippen LogP contribution in [0, 0.1) is 16.0 Å². The zero-order valence-corrected chi connectivity index (χ0v) is 15.3. The highest BCUT2D eigenvalue weighted by atomic mass is 16.6. The minimum absolute atomic E-state index is 0.0729. The van der Waals surface area contributed by atoms with Gasteiger partial charge in [0.05, 0.1) is 10.3 Å². The Balaban J connectivity index is 1.38. The molecule has 0 aromatic heterocycles. The van der Waals surface area contributed by atoms with Gasteiger partial charge in [-0.25, -0.2) is 0 Å². The molecule has 1 aliphatic heterocycles. The van der Waals surface area contributed by atoms with E-state index in [4.69, 9.17) is 0 Å². The van der Waals surface area contributed by atoms with Crippen LogP contribution < -0.4 is 0 Å². The van der Waals surface area contributed by atoms with Crippen LogP contribution in [0.5, 0.6) is 0 Å². The second-order valence-corrected chi connectivity index (χ2v) is 7.81. The van der Waals surface area contributed by atoms with Gasteiger partial charge in [-0.1, -0.05) is 42.5 Å². The molecule has 2 aromatic carbocycles. The Hall–Kier alpha value is -2.69. The predicted octanol–water partition coefficient (Wildman–Crippen LogP) is 4.11. The highest BCUT2D eigenvalue weighted by Gasteiger charge is 2.53. The second-order valence-electron chi connectivity index (χ2n) is 7.81. The molecule has 0 bridgehead atoms. The van der Waals surface area contributed by atoms with Gasteiger partial charge in [-0.2, -0.15) is 0 Å². The third-order valence-corrected chi connectivity index (χ3v) is 6.06. The van der Waals surface area contributed by atoms with Crippen molar-refractivity contribution in [1.29, 1.82) is 0 Å². The van der Waals surface area contributed by atoms with Crippen LogP contribution >= 0.6 is 0 Å². The van der Waals surface area contributed by atoms with E-state index < -0.39 is 10.3 Å². The van der Waals surface area contributed by atoms with Gasteiger partial charge < -0.3 is 4.90 Å². The average molecular weight is 364 g/mol. The fraction of sp³-hybridized carbons (Fsp3) is 0.409. The average Bonchev–Trinajstić information content (AvgIpc) is 3.51. The zero-order chi connectivity index (χ0) is 18.9. The van der Waals surface area contributed by atoms with Crippen LogP contribution in [0.25, 0.3) is 0 Å². The largest absolute Gasteiger partial charge is 0.342 e. The quantitative estimate of drug-likeness (QED) is 0.592. The molecule has 0 N–H and O–H groups in total. The molecule has 1 amide bonds. The first-order valence-electron chi connectivity index (χ1n) is 9.67. The summed E-state index contributed by atoms with van der Waals surface area (Å²) in [4.78, 5) is 25.6. The molecule has 0 spiro atoms. The number of nitrogens with zero attached hydrogens (tertiary/aromatic N) is 2. The summed E-state index contributed by atoms with van der Waals surface area (Å²) in [5.74, 6) is 0.834. The minimum atomic E-state index is -0.443. The lowest BCUT2D eigenvalue weighted by Gasteiger charge is -2.34. The number of carbonyl (C=O) groups excluding carboxylic acids is 1. The molecule has 0 atom stereocenters. The lowest BCUT2D eigenvalue weighted by atomic mass is 9.88. The Bertz CT molecular complexity index is 820. The summed E-state index contributed by atoms with van der Waals surface area (Å²) >= 11 is 0. The molecule has 0 radical (unpaired) electrons. The van der Waals surface area contributed by atoms with Gasteiger partial charge in [0.25, 0.3) is 5.69 Å². The summed E-state index contributed by atoms with van der Waals surface area (Å²) in [5, 5.41) is 10.9. The lowest BCUT2D eigenvalue weighted by molar-refractivity contribution is -0.384. The van der Waals surface area contributed by atoms with E-state index in [0.717, 1.165) is 50.8 Å². The maximum atomic E-state index is 13.2. The Labute approximate surface area is 159 Å². The molecular weight excluding hydrogens is 340 g/mol. The van der Waals surface area contributed by atoms with Crippen molar-refractivity contribution < 1.29 is 9.72 Å². The van der Waals surface area contributed by atoms with Gasteiger partial charge in [-0.05, 0) is 49.1 Å². The zero-order valence-electron chi connectivity index (χ0n) is 15.3. The van der Waals surface area contributed by atoms with Crippen LogP contribution in [-0.4, -0.2) is 28.8 Å². The van der Waals surface area contributed by atoms with Gasteiger partial charge in [-0.3, -0.25) is 14.9 Å². The van der Waals surface area contributed by atoms with Crippen molar-refractivity contribution in [1.82, 2.24) is 4.90 Å². The fourth-order valence-electron chi connectivity index (χ4n) is 4.24. The smallest absolute Gasteiger partial charge is 0.269 e. The summed E-state index contributed by atoms with van der Waals surface area (Å²) in [6, 6.07) is 17.1. The van der Waals surface area contributed by atoms with Crippen LogP contribution in [0.15, 0.2) is 54.6 Å². The number of nitro groups is 1. The van der Waals surface area contributed by atoms with Gasteiger partial charge in [0.15, 0.2) is 0 Å². The van der Waals surface area contributed by atoms with E-state index >= 15 is 0 Å². The van der Waals surface area contributed by atoms with E-state index in [0.29, 0.717) is 5.92 Å². The molecule has 1 heterocycles. The third kappa shape index (κ3) is 3.59. The molecule has 1 aliphatic carbocycles. The fourth-order valence-corrected chi connectivity index (χ4v) is 4.24. The van der Waals surface area contributed by atoms with Crippen LogP contribution in [0.1, 0.15) is 36.8 Å². The van der Waals surface area contributed by atoms with E-state index in [9.17, 15) is 14.9 Å². The molecule has 1 saturated heterocycles. The highest BCUT2D eigenvalue weighted by molar-refractivity contribution is 5.91. The number of benzene rings is 2. The summed E-state index contributed by atoms with van der Waals surface area (Å²) in [6.07, 6.45) is 4.84. The van der Waals surface area contributed by atoms with Crippen molar-refractivity contribution >= 4 is 11.6 Å². The monoisotopic (exact) mass is 364 g/mol. The lowest BCUT2D eigenvalue weighted by Crippen LogP contribution is -2.44. The Morgan fingerprint density at radius 1 is 1.04 bits per heavy atom. The molecule has 1 saturated carbocycles. The maximum absolute atomic E-state index is 13.2. The topological polar surface area (TPSA) is 63.5 Å². The van der Waals surface area contributed by atoms with Crippen molar-refractivity contribution in [3.8, 4) is 0 Å². The number of piperidine rings is 1. The first-order valence-corrected chi connectivity index (χ1v) is 9.67. The Morgan fingerprint density at radius 3 is 2.22 bits per heavy atom. The Morgan fingerprint density at radius 2 is 1.67 bits per heavy atom. The minimum Gasteiger partial charge on any atom is -0.342 e. The molecule has 4 rings (SSSR count). The number of non-ortho nitro benzene ring substituents is 1. The van der Waals surface area contributed by atoms with Gasteiger partial charge >= 0.3 is 0 Å². The molecule has 27 heavy (non-hydrogen) atoms. The number of amides is 1. The molecule has 140 valence electrons. The van der Waals surface area contributed by atoms with E-state index in [1.165, 1.54) is 17.7 Å². The third-order valence-electron chi connectivity index (χ3n) is 6.06. The summed E-state index contributed by atoms with van der Waals surface area (Å²) < 4.78 is 0. The van der Waals surface area contributed by atoms with E-state index in [-0.39, 0.29) is 11.6 Å². The van der Waals surface area contributed by atoms with E-state index in [1.54, 1.807) is 12.1 Å². The van der Waals surface area contributed by atoms with Crippen LogP contribution in [0.4, 0.5) is 5.69 Å². The number of likely N-dealkylation sites (tertiary alicyclic amines) is 1. The van der Waals surface area contributed by atoms with Gasteiger partial charge in [-0.15, -0.1) is 0 Å². The standard InChI is InChI=1S/C22H24N2O3/c25-21(22(12-13-22)19-6-8-20(9-7-19)24(26)27)23-14-10-18(11-15-23)16-17-4-2-1-3-5-17/h1-9,18H,10-16H2. The number of rotatable bonds is 5. The first kappa shape index (κ1) is 17.7. The number of hydrogen-bond acceptors (Lipinski definition) is 3. The van der Waals surface area contributed by atoms with Gasteiger partial charge in [0, 0.05) is 25.2 Å². The van der Waals surface area contributed by atoms with Crippen molar-refractivity contribution in [3.63, 3.8) is 0 Å². The van der Waals surface area contributed by atoms with Crippen molar-refractivity contribution in [3.05, 3.63) is 75.8 Å². The molecule has 5 heteroatoms. The van der Waals surface area contributed by atoms with Crippen LogP contribution in [0.3, 0.4) is 0 Å².